The molecule has 1 unspecified atom stereocenters. The summed E-state index contributed by atoms with van der Waals surface area (Å²) in [6.07, 6.45) is 1.27. The first-order valence-electron chi connectivity index (χ1n) is 8.47. The second-order valence-corrected chi connectivity index (χ2v) is 6.37. The average Bonchev–Trinajstić information content (AvgIpc) is 2.98. The molecule has 0 aromatic heterocycles. The highest BCUT2D eigenvalue weighted by molar-refractivity contribution is 5.94. The minimum absolute atomic E-state index is 0.0979. The molecule has 2 amide bonds. The van der Waals surface area contributed by atoms with Crippen LogP contribution in [0.25, 0.3) is 0 Å². The van der Waals surface area contributed by atoms with Gasteiger partial charge in [-0.25, -0.2) is 4.39 Å². The molecule has 2 aromatic carbocycles. The van der Waals surface area contributed by atoms with Crippen LogP contribution in [0.1, 0.15) is 22.3 Å². The Morgan fingerprint density at radius 1 is 1.16 bits per heavy atom. The number of benzene rings is 2. The highest BCUT2D eigenvalue weighted by atomic mass is 19.1. The number of amides is 2. The zero-order valence-electron chi connectivity index (χ0n) is 14.0. The molecule has 1 heterocycles. The summed E-state index contributed by atoms with van der Waals surface area (Å²) in [7, 11) is 0. The van der Waals surface area contributed by atoms with Gasteiger partial charge in [0.05, 0.1) is 0 Å². The van der Waals surface area contributed by atoms with E-state index in [-0.39, 0.29) is 17.7 Å². The Bertz CT molecular complexity index is 748. The van der Waals surface area contributed by atoms with E-state index in [2.05, 4.69) is 17.4 Å². The van der Waals surface area contributed by atoms with Gasteiger partial charge in [0.15, 0.2) is 0 Å². The Kier molecular flexibility index (Phi) is 5.43. The first-order valence-corrected chi connectivity index (χ1v) is 8.47. The largest absolute Gasteiger partial charge is 0.352 e. The summed E-state index contributed by atoms with van der Waals surface area (Å²) in [6, 6.07) is 15.7. The lowest BCUT2D eigenvalue weighted by atomic mass is 10.1. The molecule has 2 aromatic rings. The van der Waals surface area contributed by atoms with E-state index >= 15 is 0 Å². The zero-order chi connectivity index (χ0) is 17.6. The van der Waals surface area contributed by atoms with Crippen LogP contribution >= 0.6 is 0 Å². The van der Waals surface area contributed by atoms with Gasteiger partial charge in [-0.2, -0.15) is 0 Å². The van der Waals surface area contributed by atoms with E-state index in [4.69, 9.17) is 0 Å². The van der Waals surface area contributed by atoms with Gasteiger partial charge in [0.25, 0.3) is 5.91 Å². The maximum absolute atomic E-state index is 13.2. The van der Waals surface area contributed by atoms with E-state index in [0.717, 1.165) is 6.42 Å². The summed E-state index contributed by atoms with van der Waals surface area (Å²) in [5.41, 5.74) is 1.50. The molecule has 1 saturated heterocycles. The van der Waals surface area contributed by atoms with Crippen LogP contribution < -0.4 is 5.32 Å². The van der Waals surface area contributed by atoms with Gasteiger partial charge in [-0.1, -0.05) is 36.4 Å². The van der Waals surface area contributed by atoms with Gasteiger partial charge < -0.3 is 10.2 Å². The van der Waals surface area contributed by atoms with Crippen LogP contribution in [0.2, 0.25) is 0 Å². The van der Waals surface area contributed by atoms with Crippen LogP contribution in [0.4, 0.5) is 4.39 Å². The minimum Gasteiger partial charge on any atom is -0.352 e. The van der Waals surface area contributed by atoms with Crippen molar-refractivity contribution in [2.75, 3.05) is 19.6 Å². The lowest BCUT2D eigenvalue weighted by Gasteiger charge is -2.17. The van der Waals surface area contributed by atoms with Crippen molar-refractivity contribution < 1.29 is 14.0 Å². The Morgan fingerprint density at radius 3 is 2.72 bits per heavy atom. The second kappa shape index (κ2) is 7.92. The van der Waals surface area contributed by atoms with Gasteiger partial charge in [-0.15, -0.1) is 0 Å². The monoisotopic (exact) mass is 340 g/mol. The van der Waals surface area contributed by atoms with E-state index in [9.17, 15) is 14.0 Å². The van der Waals surface area contributed by atoms with Crippen molar-refractivity contribution in [2.45, 2.75) is 12.8 Å². The Hall–Kier alpha value is -2.69. The fourth-order valence-electron chi connectivity index (χ4n) is 3.08. The topological polar surface area (TPSA) is 49.4 Å². The van der Waals surface area contributed by atoms with Crippen LogP contribution in [0, 0.1) is 11.7 Å². The second-order valence-electron chi connectivity index (χ2n) is 6.37. The Morgan fingerprint density at radius 2 is 1.96 bits per heavy atom. The van der Waals surface area contributed by atoms with Crippen molar-refractivity contribution in [2.24, 2.45) is 5.92 Å². The molecule has 0 spiro atoms. The number of hydrogen-bond acceptors (Lipinski definition) is 2. The quantitative estimate of drug-likeness (QED) is 0.879. The summed E-state index contributed by atoms with van der Waals surface area (Å²) in [5, 5.41) is 2.80. The van der Waals surface area contributed by atoms with E-state index in [0.29, 0.717) is 31.6 Å². The number of halogens is 1. The van der Waals surface area contributed by atoms with Crippen molar-refractivity contribution in [3.05, 3.63) is 71.5 Å². The third kappa shape index (κ3) is 4.66. The zero-order valence-corrected chi connectivity index (χ0v) is 14.0. The molecule has 1 aliphatic rings. The number of hydrogen-bond donors (Lipinski definition) is 1. The molecule has 0 radical (unpaired) electrons. The molecule has 0 bridgehead atoms. The third-order valence-electron chi connectivity index (χ3n) is 4.45. The molecular formula is C20H21FN2O2. The van der Waals surface area contributed by atoms with Crippen LogP contribution in [0.15, 0.2) is 54.6 Å². The van der Waals surface area contributed by atoms with Crippen molar-refractivity contribution in [3.8, 4) is 0 Å². The predicted molar refractivity (Wildman–Crippen MR) is 93.6 cm³/mol. The number of nitrogens with zero attached hydrogens (tertiary/aromatic N) is 1. The average molecular weight is 340 g/mol. The van der Waals surface area contributed by atoms with Gasteiger partial charge >= 0.3 is 0 Å². The van der Waals surface area contributed by atoms with E-state index in [1.165, 1.54) is 23.8 Å². The van der Waals surface area contributed by atoms with Gasteiger partial charge in [0.1, 0.15) is 5.82 Å². The molecule has 0 saturated carbocycles. The van der Waals surface area contributed by atoms with E-state index in [1.54, 1.807) is 6.07 Å². The van der Waals surface area contributed by atoms with Gasteiger partial charge in [0.2, 0.25) is 5.91 Å². The first-order chi connectivity index (χ1) is 12.1. The van der Waals surface area contributed by atoms with Crippen molar-refractivity contribution in [1.82, 2.24) is 10.2 Å². The predicted octanol–water partition coefficient (Wildman–Crippen LogP) is 2.65. The number of carbonyl (C=O) groups is 2. The van der Waals surface area contributed by atoms with Crippen LogP contribution in [-0.2, 0) is 11.2 Å². The molecule has 1 atom stereocenters. The smallest absolute Gasteiger partial charge is 0.251 e. The highest BCUT2D eigenvalue weighted by Crippen LogP contribution is 2.18. The fraction of sp³-hybridized carbons (Fsp3) is 0.300. The molecule has 0 aliphatic carbocycles. The SMILES string of the molecule is O=C(NCC1CC(=O)N(CCc2ccccc2)C1)c1cccc(F)c1. The summed E-state index contributed by atoms with van der Waals surface area (Å²) >= 11 is 0. The van der Waals surface area contributed by atoms with Gasteiger partial charge in [-0.3, -0.25) is 9.59 Å². The van der Waals surface area contributed by atoms with Crippen molar-refractivity contribution >= 4 is 11.8 Å². The van der Waals surface area contributed by atoms with E-state index < -0.39 is 5.82 Å². The van der Waals surface area contributed by atoms with Crippen molar-refractivity contribution in [3.63, 3.8) is 0 Å². The molecule has 1 aliphatic heterocycles. The molecule has 25 heavy (non-hydrogen) atoms. The van der Waals surface area contributed by atoms with Gasteiger partial charge in [-0.05, 0) is 30.2 Å². The lowest BCUT2D eigenvalue weighted by molar-refractivity contribution is -0.127. The molecular weight excluding hydrogens is 319 g/mol. The van der Waals surface area contributed by atoms with Gasteiger partial charge in [0, 0.05) is 37.5 Å². The first kappa shape index (κ1) is 17.1. The summed E-state index contributed by atoms with van der Waals surface area (Å²) in [6.45, 7) is 1.76. The molecule has 1 N–H and O–H groups in total. The summed E-state index contributed by atoms with van der Waals surface area (Å²) in [5.74, 6) is -0.521. The van der Waals surface area contributed by atoms with E-state index in [1.807, 2.05) is 23.1 Å². The molecule has 1 fully saturated rings. The summed E-state index contributed by atoms with van der Waals surface area (Å²) in [4.78, 5) is 26.0. The maximum Gasteiger partial charge on any atom is 0.251 e. The number of rotatable bonds is 6. The van der Waals surface area contributed by atoms with Crippen LogP contribution in [-0.4, -0.2) is 36.3 Å². The molecule has 5 heteroatoms. The normalized spacial score (nSPS) is 16.9. The minimum atomic E-state index is -0.434. The Balaban J connectivity index is 1.47. The highest BCUT2D eigenvalue weighted by Gasteiger charge is 2.29. The maximum atomic E-state index is 13.2. The standard InChI is InChI=1S/C20H21FN2O2/c21-18-8-4-7-17(12-18)20(25)22-13-16-11-19(24)23(14-16)10-9-15-5-2-1-3-6-15/h1-8,12,16H,9-11,13-14H2,(H,22,25). The number of nitrogens with one attached hydrogen (secondary N) is 1. The lowest BCUT2D eigenvalue weighted by Crippen LogP contribution is -2.32. The van der Waals surface area contributed by atoms with Crippen LogP contribution in [0.3, 0.4) is 0 Å². The molecule has 4 nitrogen and oxygen atoms in total. The van der Waals surface area contributed by atoms with Crippen LogP contribution in [0.5, 0.6) is 0 Å². The third-order valence-corrected chi connectivity index (χ3v) is 4.45. The fourth-order valence-corrected chi connectivity index (χ4v) is 3.08. The van der Waals surface area contributed by atoms with Crippen molar-refractivity contribution in [1.29, 1.82) is 0 Å². The molecule has 130 valence electrons. The summed E-state index contributed by atoms with van der Waals surface area (Å²) < 4.78 is 13.2. The Labute approximate surface area is 146 Å². The number of likely N-dealkylation sites (tertiary alicyclic amines) is 1. The molecule has 3 rings (SSSR count). The number of carbonyl (C=O) groups excluding carboxylic acids is 2.